The third-order valence-electron chi connectivity index (χ3n) is 4.93. The maximum atomic E-state index is 13.4. The number of nitrogens with one attached hydrogen (secondary N) is 1. The van der Waals surface area contributed by atoms with Gasteiger partial charge in [0.05, 0.1) is 17.6 Å². The molecule has 0 aliphatic carbocycles. The Morgan fingerprint density at radius 2 is 1.88 bits per heavy atom. The van der Waals surface area contributed by atoms with Gasteiger partial charge in [0.1, 0.15) is 12.4 Å². The van der Waals surface area contributed by atoms with Crippen LogP contribution >= 0.6 is 0 Å². The van der Waals surface area contributed by atoms with Crippen molar-refractivity contribution >= 4 is 11.7 Å². The van der Waals surface area contributed by atoms with Gasteiger partial charge in [0.2, 0.25) is 5.91 Å². The van der Waals surface area contributed by atoms with Crippen LogP contribution in [0, 0.1) is 13.8 Å². The summed E-state index contributed by atoms with van der Waals surface area (Å²) in [6, 6.07) is 3.37. The van der Waals surface area contributed by atoms with Crippen molar-refractivity contribution in [2.75, 3.05) is 5.32 Å². The summed E-state index contributed by atoms with van der Waals surface area (Å²) < 4.78 is 42.7. The first kappa shape index (κ1) is 22.1. The first-order valence-corrected chi connectivity index (χ1v) is 9.81. The van der Waals surface area contributed by atoms with Crippen molar-refractivity contribution in [1.82, 2.24) is 34.5 Å². The van der Waals surface area contributed by atoms with E-state index in [0.29, 0.717) is 28.5 Å². The van der Waals surface area contributed by atoms with E-state index in [0.717, 1.165) is 10.2 Å². The van der Waals surface area contributed by atoms with Crippen molar-refractivity contribution in [2.24, 2.45) is 7.05 Å². The number of rotatable bonds is 5. The summed E-state index contributed by atoms with van der Waals surface area (Å²) in [5.41, 5.74) is 1.40. The number of alkyl halides is 3. The number of pyridine rings is 1. The van der Waals surface area contributed by atoms with Gasteiger partial charge in [0.25, 0.3) is 0 Å². The molecule has 0 saturated heterocycles. The number of aryl methyl sites for hydroxylation is 2. The van der Waals surface area contributed by atoms with Crippen LogP contribution in [0.25, 0.3) is 22.4 Å². The minimum absolute atomic E-state index is 0.0760. The van der Waals surface area contributed by atoms with Crippen molar-refractivity contribution in [3.8, 4) is 22.4 Å². The molecule has 4 rings (SSSR count). The van der Waals surface area contributed by atoms with E-state index in [1.165, 1.54) is 17.9 Å². The molecule has 0 bridgehead atoms. The second-order valence-electron chi connectivity index (χ2n) is 7.34. The van der Waals surface area contributed by atoms with Crippen LogP contribution in [0.1, 0.15) is 17.1 Å². The highest BCUT2D eigenvalue weighted by Gasteiger charge is 2.38. The van der Waals surface area contributed by atoms with E-state index in [1.807, 2.05) is 0 Å². The maximum absolute atomic E-state index is 13.4. The van der Waals surface area contributed by atoms with Crippen LogP contribution in [0.5, 0.6) is 0 Å². The number of carbonyl (C=O) groups excluding carboxylic acids is 1. The summed E-state index contributed by atoms with van der Waals surface area (Å²) in [6.07, 6.45) is 2.97. The molecule has 0 radical (unpaired) electrons. The van der Waals surface area contributed by atoms with Gasteiger partial charge in [0.15, 0.2) is 5.69 Å². The number of aromatic nitrogens is 7. The van der Waals surface area contributed by atoms with E-state index in [2.05, 4.69) is 30.5 Å². The lowest BCUT2D eigenvalue weighted by Gasteiger charge is -2.08. The zero-order chi connectivity index (χ0) is 23.8. The predicted molar refractivity (Wildman–Crippen MR) is 113 cm³/mol. The summed E-state index contributed by atoms with van der Waals surface area (Å²) in [5, 5.41) is 10.5. The molecule has 0 aliphatic heterocycles. The molecule has 0 aliphatic rings. The molecule has 9 nitrogen and oxygen atoms in total. The molecule has 0 saturated carbocycles. The van der Waals surface area contributed by atoms with E-state index in [4.69, 9.17) is 0 Å². The Bertz CT molecular complexity index is 1290. The van der Waals surface area contributed by atoms with E-state index >= 15 is 0 Å². The minimum Gasteiger partial charge on any atom is -0.309 e. The summed E-state index contributed by atoms with van der Waals surface area (Å²) >= 11 is 0. The summed E-state index contributed by atoms with van der Waals surface area (Å²) in [6.45, 7) is 3.02. The summed E-state index contributed by atoms with van der Waals surface area (Å²) in [4.78, 5) is 24.9. The molecule has 4 aromatic heterocycles. The molecule has 0 fully saturated rings. The lowest BCUT2D eigenvalue weighted by molar-refractivity contribution is -0.141. The van der Waals surface area contributed by atoms with Gasteiger partial charge in [-0.05, 0) is 26.0 Å². The van der Waals surface area contributed by atoms with Crippen molar-refractivity contribution in [1.29, 1.82) is 0 Å². The van der Waals surface area contributed by atoms with Crippen molar-refractivity contribution in [2.45, 2.75) is 26.6 Å². The number of carbonyl (C=O) groups is 1. The Hall–Kier alpha value is -4.09. The van der Waals surface area contributed by atoms with Gasteiger partial charge in [-0.1, -0.05) is 0 Å². The van der Waals surface area contributed by atoms with Crippen LogP contribution in [0.15, 0.2) is 43.1 Å². The van der Waals surface area contributed by atoms with Crippen LogP contribution in [-0.2, 0) is 24.6 Å². The molecule has 1 N–H and O–H groups in total. The third kappa shape index (κ3) is 4.59. The fourth-order valence-corrected chi connectivity index (χ4v) is 3.51. The maximum Gasteiger partial charge on any atom is 0.435 e. The summed E-state index contributed by atoms with van der Waals surface area (Å²) in [7, 11) is 1.42. The molecule has 4 heterocycles. The van der Waals surface area contributed by atoms with Gasteiger partial charge in [-0.2, -0.15) is 23.4 Å². The Kier molecular flexibility index (Phi) is 5.66. The standard InChI is InChI=1S/C21H19F3N8O/c1-12-19(15-10-31(3)30-20(15)21(22,23)24)13(2)32(29-12)11-18(33)28-17-5-4-14(8-27-17)16-9-25-6-7-26-16/h4-10H,11H2,1-3H3,(H,27,28,33). The Morgan fingerprint density at radius 1 is 1.09 bits per heavy atom. The molecule has 0 atom stereocenters. The van der Waals surface area contributed by atoms with Gasteiger partial charge in [0, 0.05) is 54.2 Å². The number of nitrogens with zero attached hydrogens (tertiary/aromatic N) is 7. The molecule has 33 heavy (non-hydrogen) atoms. The topological polar surface area (TPSA) is 103 Å². The largest absolute Gasteiger partial charge is 0.435 e. The SMILES string of the molecule is Cc1nn(CC(=O)Nc2ccc(-c3cnccn3)cn2)c(C)c1-c1cn(C)nc1C(F)(F)F. The normalized spacial score (nSPS) is 11.6. The zero-order valence-corrected chi connectivity index (χ0v) is 17.9. The average Bonchev–Trinajstić information content (AvgIpc) is 3.28. The molecule has 1 amide bonds. The highest BCUT2D eigenvalue weighted by Crippen LogP contribution is 2.38. The number of hydrogen-bond acceptors (Lipinski definition) is 6. The highest BCUT2D eigenvalue weighted by molar-refractivity contribution is 5.90. The monoisotopic (exact) mass is 456 g/mol. The lowest BCUT2D eigenvalue weighted by Crippen LogP contribution is -2.21. The van der Waals surface area contributed by atoms with E-state index in [-0.39, 0.29) is 12.1 Å². The summed E-state index contributed by atoms with van der Waals surface area (Å²) in [5.74, 6) is -0.102. The fraction of sp³-hybridized carbons (Fsp3) is 0.238. The van der Waals surface area contributed by atoms with Crippen LogP contribution in [0.2, 0.25) is 0 Å². The van der Waals surface area contributed by atoms with Gasteiger partial charge >= 0.3 is 6.18 Å². The van der Waals surface area contributed by atoms with E-state index in [9.17, 15) is 18.0 Å². The number of hydrogen-bond donors (Lipinski definition) is 1. The number of amides is 1. The fourth-order valence-electron chi connectivity index (χ4n) is 3.51. The lowest BCUT2D eigenvalue weighted by atomic mass is 10.0. The Labute approximate surface area is 186 Å². The van der Waals surface area contributed by atoms with Crippen molar-refractivity contribution < 1.29 is 18.0 Å². The Balaban J connectivity index is 1.52. The van der Waals surface area contributed by atoms with Crippen molar-refractivity contribution in [3.63, 3.8) is 0 Å². The molecule has 12 heteroatoms. The molecule has 0 spiro atoms. The number of halogens is 3. The Morgan fingerprint density at radius 3 is 2.52 bits per heavy atom. The van der Waals surface area contributed by atoms with Gasteiger partial charge in [-0.15, -0.1) is 0 Å². The quantitative estimate of drug-likeness (QED) is 0.494. The van der Waals surface area contributed by atoms with Crippen LogP contribution in [0.4, 0.5) is 19.0 Å². The molecule has 4 aromatic rings. The van der Waals surface area contributed by atoms with Crippen LogP contribution in [0.3, 0.4) is 0 Å². The number of anilines is 1. The molecule has 170 valence electrons. The highest BCUT2D eigenvalue weighted by atomic mass is 19.4. The second-order valence-corrected chi connectivity index (χ2v) is 7.34. The van der Waals surface area contributed by atoms with Crippen LogP contribution in [-0.4, -0.2) is 40.4 Å². The van der Waals surface area contributed by atoms with Crippen LogP contribution < -0.4 is 5.32 Å². The molecule has 0 unspecified atom stereocenters. The smallest absolute Gasteiger partial charge is 0.309 e. The van der Waals surface area contributed by atoms with Gasteiger partial charge < -0.3 is 5.32 Å². The zero-order valence-electron chi connectivity index (χ0n) is 17.9. The average molecular weight is 456 g/mol. The van der Waals surface area contributed by atoms with Crippen molar-refractivity contribution in [3.05, 3.63) is 60.2 Å². The molecular weight excluding hydrogens is 437 g/mol. The first-order valence-electron chi connectivity index (χ1n) is 9.81. The molecular formula is C21H19F3N8O. The first-order chi connectivity index (χ1) is 15.6. The second kappa shape index (κ2) is 8.45. The minimum atomic E-state index is -4.61. The third-order valence-corrected chi connectivity index (χ3v) is 4.93. The van der Waals surface area contributed by atoms with Gasteiger partial charge in [-0.25, -0.2) is 4.98 Å². The molecule has 0 aromatic carbocycles. The van der Waals surface area contributed by atoms with Gasteiger partial charge in [-0.3, -0.25) is 24.1 Å². The van der Waals surface area contributed by atoms with E-state index in [1.54, 1.807) is 50.8 Å². The predicted octanol–water partition coefficient (Wildman–Crippen LogP) is 3.41. The van der Waals surface area contributed by atoms with E-state index < -0.39 is 17.8 Å².